The number of carbonyl (C=O) groups excluding carboxylic acids is 1. The average molecular weight is 412 g/mol. The second-order valence-corrected chi connectivity index (χ2v) is 8.03. The first-order valence-corrected chi connectivity index (χ1v) is 10.3. The van der Waals surface area contributed by atoms with E-state index in [0.29, 0.717) is 38.6 Å². The van der Waals surface area contributed by atoms with Crippen LogP contribution in [0, 0.1) is 6.92 Å². The number of carbonyl (C=O) groups is 1. The molecule has 6 nitrogen and oxygen atoms in total. The lowest BCUT2D eigenvalue weighted by molar-refractivity contribution is 0.0281. The molecule has 1 aromatic carbocycles. The van der Waals surface area contributed by atoms with Crippen LogP contribution in [0.4, 0.5) is 0 Å². The van der Waals surface area contributed by atoms with E-state index in [2.05, 4.69) is 6.20 Å². The maximum atomic E-state index is 13.0. The fraction of sp³-hybridized carbons (Fsp3) is 0.364. The van der Waals surface area contributed by atoms with Gasteiger partial charge in [0.25, 0.3) is 5.91 Å². The van der Waals surface area contributed by atoms with Gasteiger partial charge in [0, 0.05) is 41.9 Å². The normalized spacial score (nSPS) is 15.9. The van der Waals surface area contributed by atoms with Gasteiger partial charge in [-0.3, -0.25) is 9.48 Å². The highest BCUT2D eigenvalue weighted by molar-refractivity contribution is 6.30. The van der Waals surface area contributed by atoms with Crippen molar-refractivity contribution in [2.75, 3.05) is 26.3 Å². The summed E-state index contributed by atoms with van der Waals surface area (Å²) in [5, 5.41) is 5.55. The van der Waals surface area contributed by atoms with Crippen LogP contribution in [0.3, 0.4) is 0 Å². The van der Waals surface area contributed by atoms with Crippen molar-refractivity contribution in [1.29, 1.82) is 0 Å². The SMILES string of the molecule is Cc1c(C(=O)N2CCOCC2)oc2c1-c1nn(Cc3cccc(Cl)c3)cc1CC2. The molecule has 3 aromatic rings. The second-order valence-electron chi connectivity index (χ2n) is 7.59. The van der Waals surface area contributed by atoms with Crippen LogP contribution in [0.5, 0.6) is 0 Å². The fourth-order valence-corrected chi connectivity index (χ4v) is 4.39. The van der Waals surface area contributed by atoms with E-state index in [0.717, 1.165) is 46.0 Å². The van der Waals surface area contributed by atoms with Crippen molar-refractivity contribution in [2.45, 2.75) is 26.3 Å². The van der Waals surface area contributed by atoms with Gasteiger partial charge in [-0.2, -0.15) is 5.10 Å². The Hall–Kier alpha value is -2.57. The van der Waals surface area contributed by atoms with E-state index in [1.165, 1.54) is 5.56 Å². The summed E-state index contributed by atoms with van der Waals surface area (Å²) in [6, 6.07) is 7.81. The Labute approximate surface area is 174 Å². The summed E-state index contributed by atoms with van der Waals surface area (Å²) in [7, 11) is 0. The molecular formula is C22H22ClN3O3. The fourth-order valence-electron chi connectivity index (χ4n) is 4.18. The van der Waals surface area contributed by atoms with Crippen molar-refractivity contribution in [3.63, 3.8) is 0 Å². The highest BCUT2D eigenvalue weighted by Crippen LogP contribution is 2.38. The van der Waals surface area contributed by atoms with Crippen molar-refractivity contribution in [3.8, 4) is 11.3 Å². The number of amides is 1. The number of halogens is 1. The summed E-state index contributed by atoms with van der Waals surface area (Å²) in [6.07, 6.45) is 3.73. The summed E-state index contributed by atoms with van der Waals surface area (Å²) in [5.41, 5.74) is 5.08. The molecule has 1 amide bonds. The van der Waals surface area contributed by atoms with Crippen molar-refractivity contribution in [1.82, 2.24) is 14.7 Å². The average Bonchev–Trinajstić information content (AvgIpc) is 3.28. The number of hydrogen-bond donors (Lipinski definition) is 0. The van der Waals surface area contributed by atoms with Crippen LogP contribution in [0.25, 0.3) is 11.3 Å². The third-order valence-corrected chi connectivity index (χ3v) is 5.88. The zero-order chi connectivity index (χ0) is 20.0. The molecule has 0 unspecified atom stereocenters. The zero-order valence-electron chi connectivity index (χ0n) is 16.3. The predicted molar refractivity (Wildman–Crippen MR) is 109 cm³/mol. The zero-order valence-corrected chi connectivity index (χ0v) is 17.0. The van der Waals surface area contributed by atoms with Gasteiger partial charge in [0.15, 0.2) is 5.76 Å². The van der Waals surface area contributed by atoms with E-state index in [-0.39, 0.29) is 5.91 Å². The molecule has 1 aliphatic carbocycles. The Bertz CT molecular complexity index is 1080. The van der Waals surface area contributed by atoms with Crippen LogP contribution < -0.4 is 0 Å². The van der Waals surface area contributed by atoms with Gasteiger partial charge in [0.2, 0.25) is 0 Å². The van der Waals surface area contributed by atoms with Crippen LogP contribution >= 0.6 is 11.6 Å². The van der Waals surface area contributed by atoms with E-state index < -0.39 is 0 Å². The number of morpholine rings is 1. The van der Waals surface area contributed by atoms with Crippen molar-refractivity contribution >= 4 is 17.5 Å². The van der Waals surface area contributed by atoms with Crippen molar-refractivity contribution in [2.24, 2.45) is 0 Å². The summed E-state index contributed by atoms with van der Waals surface area (Å²) < 4.78 is 13.4. The molecule has 1 aliphatic heterocycles. The standard InChI is InChI=1S/C22H22ClN3O3/c1-14-19-18(29-21(14)22(27)25-7-9-28-10-8-25)6-5-16-13-26(24-20(16)19)12-15-3-2-4-17(23)11-15/h2-4,11,13H,5-10,12H2,1H3. The number of aromatic nitrogens is 2. The van der Waals surface area contributed by atoms with E-state index in [1.54, 1.807) is 4.90 Å². The third-order valence-electron chi connectivity index (χ3n) is 5.64. The molecular weight excluding hydrogens is 390 g/mol. The quantitative estimate of drug-likeness (QED) is 0.659. The summed E-state index contributed by atoms with van der Waals surface area (Å²) in [4.78, 5) is 14.8. The number of furan rings is 1. The van der Waals surface area contributed by atoms with Gasteiger partial charge in [-0.25, -0.2) is 0 Å². The van der Waals surface area contributed by atoms with Crippen molar-refractivity contribution < 1.29 is 13.9 Å². The maximum absolute atomic E-state index is 13.0. The number of nitrogens with zero attached hydrogens (tertiary/aromatic N) is 3. The minimum absolute atomic E-state index is 0.0555. The topological polar surface area (TPSA) is 60.5 Å². The smallest absolute Gasteiger partial charge is 0.290 e. The minimum Gasteiger partial charge on any atom is -0.455 e. The first-order chi connectivity index (χ1) is 14.1. The first kappa shape index (κ1) is 18.5. The van der Waals surface area contributed by atoms with Crippen LogP contribution in [0.1, 0.15) is 33.0 Å². The Morgan fingerprint density at radius 1 is 1.24 bits per heavy atom. The lowest BCUT2D eigenvalue weighted by atomic mass is 9.93. The molecule has 2 aliphatic rings. The van der Waals surface area contributed by atoms with Crippen LogP contribution in [0.15, 0.2) is 34.9 Å². The molecule has 29 heavy (non-hydrogen) atoms. The molecule has 2 aromatic heterocycles. The molecule has 1 fully saturated rings. The van der Waals surface area contributed by atoms with E-state index in [9.17, 15) is 4.79 Å². The highest BCUT2D eigenvalue weighted by atomic mass is 35.5. The highest BCUT2D eigenvalue weighted by Gasteiger charge is 2.31. The van der Waals surface area contributed by atoms with Gasteiger partial charge in [-0.1, -0.05) is 23.7 Å². The molecule has 1 saturated heterocycles. The summed E-state index contributed by atoms with van der Waals surface area (Å²) in [5.74, 6) is 1.24. The number of fused-ring (bicyclic) bond motifs is 3. The molecule has 150 valence electrons. The van der Waals surface area contributed by atoms with Gasteiger partial charge in [0.1, 0.15) is 5.76 Å². The largest absolute Gasteiger partial charge is 0.455 e. The maximum Gasteiger partial charge on any atom is 0.290 e. The Balaban J connectivity index is 1.47. The molecule has 0 bridgehead atoms. The summed E-state index contributed by atoms with van der Waals surface area (Å²) >= 11 is 6.11. The minimum atomic E-state index is -0.0555. The predicted octanol–water partition coefficient (Wildman–Crippen LogP) is 3.72. The van der Waals surface area contributed by atoms with Crippen LogP contribution in [-0.4, -0.2) is 46.9 Å². The van der Waals surface area contributed by atoms with Crippen LogP contribution in [-0.2, 0) is 24.1 Å². The van der Waals surface area contributed by atoms with Gasteiger partial charge in [0.05, 0.1) is 25.5 Å². The molecule has 7 heteroatoms. The number of aryl methyl sites for hydroxylation is 2. The van der Waals surface area contributed by atoms with E-state index in [4.69, 9.17) is 25.9 Å². The summed E-state index contributed by atoms with van der Waals surface area (Å²) in [6.45, 7) is 4.96. The Morgan fingerprint density at radius 2 is 2.07 bits per heavy atom. The Kier molecular flexibility index (Phi) is 4.68. The molecule has 0 saturated carbocycles. The third kappa shape index (κ3) is 3.36. The molecule has 0 N–H and O–H groups in total. The van der Waals surface area contributed by atoms with Gasteiger partial charge < -0.3 is 14.1 Å². The molecule has 3 heterocycles. The van der Waals surface area contributed by atoms with E-state index in [1.807, 2.05) is 35.9 Å². The number of rotatable bonds is 3. The molecule has 0 radical (unpaired) electrons. The number of hydrogen-bond acceptors (Lipinski definition) is 4. The second kappa shape index (κ2) is 7.35. The lowest BCUT2D eigenvalue weighted by Crippen LogP contribution is -2.40. The van der Waals surface area contributed by atoms with Gasteiger partial charge >= 0.3 is 0 Å². The first-order valence-electron chi connectivity index (χ1n) is 9.90. The van der Waals surface area contributed by atoms with Gasteiger partial charge in [-0.05, 0) is 36.6 Å². The lowest BCUT2D eigenvalue weighted by Gasteiger charge is -2.26. The Morgan fingerprint density at radius 3 is 2.86 bits per heavy atom. The van der Waals surface area contributed by atoms with E-state index >= 15 is 0 Å². The molecule has 5 rings (SSSR count). The van der Waals surface area contributed by atoms with Crippen molar-refractivity contribution in [3.05, 3.63) is 63.7 Å². The monoisotopic (exact) mass is 411 g/mol. The number of benzene rings is 1. The van der Waals surface area contributed by atoms with Gasteiger partial charge in [-0.15, -0.1) is 0 Å². The molecule has 0 atom stereocenters. The number of ether oxygens (including phenoxy) is 1. The molecule has 0 spiro atoms. The van der Waals surface area contributed by atoms with Crippen LogP contribution in [0.2, 0.25) is 5.02 Å².